The van der Waals surface area contributed by atoms with E-state index in [1.165, 1.54) is 15.6 Å². The highest BCUT2D eigenvalue weighted by Crippen LogP contribution is 2.28. The van der Waals surface area contributed by atoms with Crippen molar-refractivity contribution in [1.29, 1.82) is 0 Å². The van der Waals surface area contributed by atoms with Gasteiger partial charge in [0, 0.05) is 37.1 Å². The number of piperazine rings is 1. The fraction of sp³-hybridized carbons (Fsp3) is 0.267. The van der Waals surface area contributed by atoms with Crippen LogP contribution in [0, 0.1) is 0 Å². The maximum atomic E-state index is 12.6. The van der Waals surface area contributed by atoms with Crippen molar-refractivity contribution in [1.82, 2.24) is 9.21 Å². The fourth-order valence-electron chi connectivity index (χ4n) is 2.36. The van der Waals surface area contributed by atoms with Gasteiger partial charge in [-0.1, -0.05) is 6.07 Å². The molecule has 0 N–H and O–H groups in total. The van der Waals surface area contributed by atoms with Crippen LogP contribution in [-0.4, -0.2) is 49.7 Å². The van der Waals surface area contributed by atoms with E-state index >= 15 is 0 Å². The molecule has 9 heteroatoms. The molecule has 0 radical (unpaired) electrons. The minimum atomic E-state index is -3.47. The van der Waals surface area contributed by atoms with E-state index < -0.39 is 10.0 Å². The Morgan fingerprint density at radius 1 is 1.17 bits per heavy atom. The molecule has 0 aliphatic carbocycles. The van der Waals surface area contributed by atoms with Gasteiger partial charge < -0.3 is 4.90 Å². The highest BCUT2D eigenvalue weighted by molar-refractivity contribution is 9.11. The number of rotatable bonds is 4. The summed E-state index contributed by atoms with van der Waals surface area (Å²) in [6.07, 6.45) is 3.34. The van der Waals surface area contributed by atoms with Crippen molar-refractivity contribution in [2.75, 3.05) is 26.2 Å². The Morgan fingerprint density at radius 2 is 1.92 bits per heavy atom. The van der Waals surface area contributed by atoms with E-state index in [2.05, 4.69) is 15.9 Å². The Labute approximate surface area is 157 Å². The van der Waals surface area contributed by atoms with Gasteiger partial charge >= 0.3 is 0 Å². The quantitative estimate of drug-likeness (QED) is 0.677. The molecule has 24 heavy (non-hydrogen) atoms. The number of thiophene rings is 2. The highest BCUT2D eigenvalue weighted by Gasteiger charge is 2.30. The predicted octanol–water partition coefficient (Wildman–Crippen LogP) is 3.12. The lowest BCUT2D eigenvalue weighted by atomic mass is 10.3. The third-order valence-electron chi connectivity index (χ3n) is 3.63. The molecule has 0 aromatic carbocycles. The lowest BCUT2D eigenvalue weighted by Gasteiger charge is -2.33. The molecule has 1 saturated heterocycles. The Balaban J connectivity index is 1.60. The maximum Gasteiger partial charge on any atom is 0.252 e. The normalized spacial score (nSPS) is 16.8. The molecule has 2 aromatic rings. The molecule has 1 amide bonds. The van der Waals surface area contributed by atoms with E-state index in [4.69, 9.17) is 0 Å². The zero-order chi connectivity index (χ0) is 17.2. The number of amides is 1. The van der Waals surface area contributed by atoms with Gasteiger partial charge in [0.25, 0.3) is 10.0 Å². The first-order valence-electron chi connectivity index (χ1n) is 7.23. The number of hydrogen-bond acceptors (Lipinski definition) is 5. The van der Waals surface area contributed by atoms with E-state index in [1.54, 1.807) is 40.5 Å². The van der Waals surface area contributed by atoms with Crippen molar-refractivity contribution < 1.29 is 13.2 Å². The van der Waals surface area contributed by atoms with Crippen molar-refractivity contribution in [3.63, 3.8) is 0 Å². The van der Waals surface area contributed by atoms with Gasteiger partial charge in [0.05, 0.1) is 3.79 Å². The Kier molecular flexibility index (Phi) is 5.56. The molecule has 0 unspecified atom stereocenters. The first kappa shape index (κ1) is 17.8. The molecule has 0 saturated carbocycles. The van der Waals surface area contributed by atoms with E-state index in [0.29, 0.717) is 30.4 Å². The van der Waals surface area contributed by atoms with Gasteiger partial charge in [0.2, 0.25) is 5.91 Å². The van der Waals surface area contributed by atoms with Crippen molar-refractivity contribution >= 4 is 60.6 Å². The van der Waals surface area contributed by atoms with Crippen LogP contribution >= 0.6 is 38.6 Å². The average molecular weight is 447 g/mol. The topological polar surface area (TPSA) is 57.7 Å². The van der Waals surface area contributed by atoms with Crippen LogP contribution in [0.1, 0.15) is 4.88 Å². The number of carbonyl (C=O) groups excluding carboxylic acids is 1. The van der Waals surface area contributed by atoms with Crippen LogP contribution in [0.3, 0.4) is 0 Å². The molecule has 0 spiro atoms. The molecule has 0 bridgehead atoms. The number of halogens is 1. The monoisotopic (exact) mass is 446 g/mol. The first-order chi connectivity index (χ1) is 11.5. The summed E-state index contributed by atoms with van der Waals surface area (Å²) in [5.74, 6) is -0.0840. The van der Waals surface area contributed by atoms with Crippen LogP contribution in [0.5, 0.6) is 0 Å². The Morgan fingerprint density at radius 3 is 2.50 bits per heavy atom. The molecule has 2 aromatic heterocycles. The number of carbonyl (C=O) groups is 1. The maximum absolute atomic E-state index is 12.6. The minimum Gasteiger partial charge on any atom is -0.337 e. The van der Waals surface area contributed by atoms with Gasteiger partial charge in [0.1, 0.15) is 4.21 Å². The molecular formula is C15H15BrN2O3S3. The summed E-state index contributed by atoms with van der Waals surface area (Å²) in [6, 6.07) is 7.21. The summed E-state index contributed by atoms with van der Waals surface area (Å²) >= 11 is 6.05. The van der Waals surface area contributed by atoms with Crippen LogP contribution in [-0.2, 0) is 14.8 Å². The second-order valence-electron chi connectivity index (χ2n) is 5.14. The number of nitrogens with zero attached hydrogens (tertiary/aromatic N) is 2. The van der Waals surface area contributed by atoms with Gasteiger partial charge in [-0.15, -0.1) is 22.7 Å². The van der Waals surface area contributed by atoms with Crippen molar-refractivity contribution in [2.24, 2.45) is 0 Å². The largest absolute Gasteiger partial charge is 0.337 e. The highest BCUT2D eigenvalue weighted by atomic mass is 79.9. The van der Waals surface area contributed by atoms with Crippen LogP contribution in [0.4, 0.5) is 0 Å². The molecule has 1 aliphatic heterocycles. The zero-order valence-corrected chi connectivity index (χ0v) is 16.6. The lowest BCUT2D eigenvalue weighted by Crippen LogP contribution is -2.50. The standard InChI is InChI=1S/C15H15BrN2O3S3/c16-13-4-6-15(23-13)24(20,21)18-9-7-17(8-10-18)14(19)5-3-12-2-1-11-22-12/h1-6,11H,7-10H2/b5-3+. The fourth-order valence-corrected chi connectivity index (χ4v) is 6.56. The number of hydrogen-bond donors (Lipinski definition) is 0. The van der Waals surface area contributed by atoms with Crippen molar-refractivity contribution in [3.8, 4) is 0 Å². The molecule has 3 heterocycles. The van der Waals surface area contributed by atoms with Gasteiger partial charge in [-0.3, -0.25) is 4.79 Å². The van der Waals surface area contributed by atoms with Crippen LogP contribution < -0.4 is 0 Å². The minimum absolute atomic E-state index is 0.0840. The van der Waals surface area contributed by atoms with Gasteiger partial charge in [0.15, 0.2) is 0 Å². The van der Waals surface area contributed by atoms with Gasteiger partial charge in [-0.05, 0) is 45.6 Å². The smallest absolute Gasteiger partial charge is 0.252 e. The third kappa shape index (κ3) is 3.97. The van der Waals surface area contributed by atoms with E-state index in [-0.39, 0.29) is 5.91 Å². The molecule has 1 fully saturated rings. The second kappa shape index (κ2) is 7.49. The summed E-state index contributed by atoms with van der Waals surface area (Å²) in [7, 11) is -3.47. The Hall–Kier alpha value is -1.000. The summed E-state index contributed by atoms with van der Waals surface area (Å²) < 4.78 is 27.7. The summed E-state index contributed by atoms with van der Waals surface area (Å²) in [5, 5.41) is 1.96. The third-order valence-corrected chi connectivity index (χ3v) is 8.45. The van der Waals surface area contributed by atoms with Gasteiger partial charge in [-0.25, -0.2) is 8.42 Å². The predicted molar refractivity (Wildman–Crippen MR) is 101 cm³/mol. The zero-order valence-electron chi connectivity index (χ0n) is 12.6. The molecular weight excluding hydrogens is 432 g/mol. The van der Waals surface area contributed by atoms with E-state index in [1.807, 2.05) is 17.5 Å². The first-order valence-corrected chi connectivity index (χ1v) is 11.2. The second-order valence-corrected chi connectivity index (χ2v) is 10.7. The van der Waals surface area contributed by atoms with Crippen LogP contribution in [0.15, 0.2) is 43.7 Å². The van der Waals surface area contributed by atoms with Crippen molar-refractivity contribution in [3.05, 3.63) is 44.4 Å². The Bertz CT molecular complexity index is 835. The summed E-state index contributed by atoms with van der Waals surface area (Å²) in [6.45, 7) is 1.44. The van der Waals surface area contributed by atoms with Crippen LogP contribution in [0.2, 0.25) is 0 Å². The SMILES string of the molecule is O=C(/C=C/c1cccs1)N1CCN(S(=O)(=O)c2ccc(Br)s2)CC1. The van der Waals surface area contributed by atoms with E-state index in [9.17, 15) is 13.2 Å². The average Bonchev–Trinajstić information content (AvgIpc) is 3.24. The number of sulfonamides is 1. The van der Waals surface area contributed by atoms with Crippen LogP contribution in [0.25, 0.3) is 6.08 Å². The molecule has 1 aliphatic rings. The van der Waals surface area contributed by atoms with E-state index in [0.717, 1.165) is 8.66 Å². The molecule has 128 valence electrons. The van der Waals surface area contributed by atoms with Gasteiger partial charge in [-0.2, -0.15) is 4.31 Å². The molecule has 5 nitrogen and oxygen atoms in total. The van der Waals surface area contributed by atoms with Crippen molar-refractivity contribution in [2.45, 2.75) is 4.21 Å². The molecule has 3 rings (SSSR count). The summed E-state index contributed by atoms with van der Waals surface area (Å²) in [4.78, 5) is 14.9. The lowest BCUT2D eigenvalue weighted by molar-refractivity contribution is -0.127. The summed E-state index contributed by atoms with van der Waals surface area (Å²) in [5.41, 5.74) is 0. The molecule has 0 atom stereocenters.